The number of nitrogens with zero attached hydrogens (tertiary/aromatic N) is 4. The third-order valence-corrected chi connectivity index (χ3v) is 5.46. The fourth-order valence-electron chi connectivity index (χ4n) is 3.84. The maximum atomic E-state index is 13.3. The van der Waals surface area contributed by atoms with Gasteiger partial charge in [-0.25, -0.2) is 14.5 Å². The van der Waals surface area contributed by atoms with Gasteiger partial charge in [0.15, 0.2) is 5.65 Å². The molecule has 1 amide bonds. The topological polar surface area (TPSA) is 98.6 Å². The summed E-state index contributed by atoms with van der Waals surface area (Å²) in [5.41, 5.74) is 3.38. The molecule has 9 heteroatoms. The summed E-state index contributed by atoms with van der Waals surface area (Å²) in [5.74, 6) is -0.854. The Kier molecular flexibility index (Phi) is 6.09. The quantitative estimate of drug-likeness (QED) is 0.612. The van der Waals surface area contributed by atoms with E-state index >= 15 is 0 Å². The highest BCUT2D eigenvalue weighted by Gasteiger charge is 2.21. The Bertz CT molecular complexity index is 1160. The van der Waals surface area contributed by atoms with Crippen molar-refractivity contribution in [3.63, 3.8) is 0 Å². The molecule has 32 heavy (non-hydrogen) atoms. The van der Waals surface area contributed by atoms with E-state index < -0.39 is 5.97 Å². The van der Waals surface area contributed by atoms with E-state index in [-0.39, 0.29) is 11.9 Å². The minimum absolute atomic E-state index is 0.108. The van der Waals surface area contributed by atoms with E-state index in [1.165, 1.54) is 7.11 Å². The van der Waals surface area contributed by atoms with Crippen LogP contribution >= 0.6 is 0 Å². The van der Waals surface area contributed by atoms with Gasteiger partial charge in [-0.2, -0.15) is 5.10 Å². The lowest BCUT2D eigenvalue weighted by atomic mass is 10.1. The highest BCUT2D eigenvalue weighted by Crippen LogP contribution is 2.27. The second kappa shape index (κ2) is 8.96. The van der Waals surface area contributed by atoms with Crippen molar-refractivity contribution >= 4 is 34.3 Å². The number of methoxy groups -OCH3 is 1. The van der Waals surface area contributed by atoms with Crippen LogP contribution in [-0.4, -0.2) is 60.1 Å². The predicted molar refractivity (Wildman–Crippen MR) is 121 cm³/mol. The van der Waals surface area contributed by atoms with Crippen molar-refractivity contribution in [1.82, 2.24) is 14.8 Å². The minimum atomic E-state index is -0.515. The van der Waals surface area contributed by atoms with Gasteiger partial charge in [-0.3, -0.25) is 4.79 Å². The normalized spacial score (nSPS) is 14.1. The van der Waals surface area contributed by atoms with Gasteiger partial charge >= 0.3 is 5.97 Å². The van der Waals surface area contributed by atoms with Crippen LogP contribution in [0.3, 0.4) is 0 Å². The molecule has 1 fully saturated rings. The lowest BCUT2D eigenvalue weighted by molar-refractivity contribution is 0.0602. The van der Waals surface area contributed by atoms with E-state index in [1.807, 2.05) is 26.8 Å². The fraction of sp³-hybridized carbons (Fsp3) is 0.391. The van der Waals surface area contributed by atoms with E-state index in [1.54, 1.807) is 29.1 Å². The van der Waals surface area contributed by atoms with Crippen LogP contribution in [0, 0.1) is 6.92 Å². The number of carbonyl (C=O) groups excluding carboxylic acids is 2. The fourth-order valence-corrected chi connectivity index (χ4v) is 3.84. The zero-order valence-electron chi connectivity index (χ0n) is 18.7. The number of esters is 1. The first-order valence-corrected chi connectivity index (χ1v) is 10.6. The molecule has 0 unspecified atom stereocenters. The average molecular weight is 438 g/mol. The maximum absolute atomic E-state index is 13.3. The average Bonchev–Trinajstić information content (AvgIpc) is 3.22. The summed E-state index contributed by atoms with van der Waals surface area (Å²) in [6, 6.07) is 7.20. The van der Waals surface area contributed by atoms with Crippen molar-refractivity contribution in [1.29, 1.82) is 0 Å². The number of benzene rings is 1. The Labute approximate surface area is 186 Å². The molecule has 0 aliphatic carbocycles. The van der Waals surface area contributed by atoms with Crippen LogP contribution in [0.4, 0.5) is 11.4 Å². The van der Waals surface area contributed by atoms with Crippen LogP contribution in [0.5, 0.6) is 0 Å². The van der Waals surface area contributed by atoms with Crippen LogP contribution in [0.1, 0.15) is 46.3 Å². The van der Waals surface area contributed by atoms with E-state index in [0.717, 1.165) is 18.8 Å². The van der Waals surface area contributed by atoms with Crippen molar-refractivity contribution in [3.05, 3.63) is 47.3 Å². The maximum Gasteiger partial charge on any atom is 0.340 e. The zero-order chi connectivity index (χ0) is 22.8. The molecule has 3 aromatic rings. The molecule has 168 valence electrons. The van der Waals surface area contributed by atoms with E-state index in [2.05, 4.69) is 20.3 Å². The highest BCUT2D eigenvalue weighted by atomic mass is 16.5. The number of carbonyl (C=O) groups is 2. The third kappa shape index (κ3) is 4.16. The van der Waals surface area contributed by atoms with Crippen molar-refractivity contribution in [2.45, 2.75) is 26.8 Å². The number of fused-ring (bicyclic) bond motifs is 1. The van der Waals surface area contributed by atoms with Gasteiger partial charge in [-0.1, -0.05) is 0 Å². The number of morpholine rings is 1. The number of aryl methyl sites for hydroxylation is 1. The number of aromatic nitrogens is 3. The summed E-state index contributed by atoms with van der Waals surface area (Å²) >= 11 is 0. The van der Waals surface area contributed by atoms with Gasteiger partial charge in [0.1, 0.15) is 0 Å². The molecule has 1 saturated heterocycles. The van der Waals surface area contributed by atoms with Gasteiger partial charge in [-0.05, 0) is 45.0 Å². The van der Waals surface area contributed by atoms with Gasteiger partial charge in [0.05, 0.1) is 48.7 Å². The summed E-state index contributed by atoms with van der Waals surface area (Å²) in [6.07, 6.45) is 1.65. The van der Waals surface area contributed by atoms with E-state index in [0.29, 0.717) is 46.8 Å². The second-order valence-corrected chi connectivity index (χ2v) is 8.01. The Morgan fingerprint density at radius 2 is 1.91 bits per heavy atom. The Hall–Kier alpha value is -3.46. The van der Waals surface area contributed by atoms with Crippen molar-refractivity contribution in [3.8, 4) is 0 Å². The number of rotatable bonds is 5. The molecule has 0 radical (unpaired) electrons. The number of pyridine rings is 1. The first-order chi connectivity index (χ1) is 15.4. The van der Waals surface area contributed by atoms with Gasteiger partial charge < -0.3 is 19.7 Å². The van der Waals surface area contributed by atoms with Crippen molar-refractivity contribution in [2.75, 3.05) is 43.6 Å². The molecule has 2 aromatic heterocycles. The lowest BCUT2D eigenvalue weighted by Crippen LogP contribution is -2.36. The number of nitrogens with one attached hydrogen (secondary N) is 1. The first-order valence-electron chi connectivity index (χ1n) is 10.6. The van der Waals surface area contributed by atoms with E-state index in [4.69, 9.17) is 9.47 Å². The van der Waals surface area contributed by atoms with Crippen molar-refractivity contribution < 1.29 is 19.1 Å². The Balaban J connectivity index is 1.69. The van der Waals surface area contributed by atoms with Crippen LogP contribution in [0.15, 0.2) is 30.5 Å². The number of hydrogen-bond acceptors (Lipinski definition) is 7. The Morgan fingerprint density at radius 3 is 2.59 bits per heavy atom. The summed E-state index contributed by atoms with van der Waals surface area (Å²) in [5, 5.41) is 7.93. The van der Waals surface area contributed by atoms with Crippen molar-refractivity contribution in [2.24, 2.45) is 0 Å². The molecule has 0 saturated carbocycles. The molecule has 0 bridgehead atoms. The van der Waals surface area contributed by atoms with Crippen LogP contribution in [-0.2, 0) is 9.47 Å². The van der Waals surface area contributed by atoms with Gasteiger partial charge in [0.2, 0.25) is 0 Å². The molecule has 0 spiro atoms. The number of amides is 1. The number of anilines is 2. The molecule has 1 aliphatic rings. The van der Waals surface area contributed by atoms with Gasteiger partial charge in [0.25, 0.3) is 5.91 Å². The van der Waals surface area contributed by atoms with Gasteiger partial charge in [-0.15, -0.1) is 0 Å². The van der Waals surface area contributed by atoms with Gasteiger partial charge in [0, 0.05) is 30.5 Å². The largest absolute Gasteiger partial charge is 0.465 e. The molecular formula is C23H27N5O4. The molecular weight excluding hydrogens is 410 g/mol. The smallest absolute Gasteiger partial charge is 0.340 e. The SMILES string of the molecule is COC(=O)c1cc(N2CCOCC2)ccc1NC(=O)c1cc(C)nc2c1cnn2C(C)C. The summed E-state index contributed by atoms with van der Waals surface area (Å²) in [4.78, 5) is 32.4. The highest BCUT2D eigenvalue weighted by molar-refractivity contribution is 6.14. The predicted octanol–water partition coefficient (Wildman–Crippen LogP) is 3.20. The summed E-state index contributed by atoms with van der Waals surface area (Å²) < 4.78 is 12.2. The standard InChI is InChI=1S/C23H27N5O4/c1-14(2)28-21-19(13-24-28)17(11-15(3)25-21)22(29)26-20-6-5-16(12-18(20)23(30)31-4)27-7-9-32-10-8-27/h5-6,11-14H,7-10H2,1-4H3,(H,26,29). The lowest BCUT2D eigenvalue weighted by Gasteiger charge is -2.29. The molecule has 4 rings (SSSR count). The van der Waals surface area contributed by atoms with Crippen LogP contribution in [0.25, 0.3) is 11.0 Å². The number of ether oxygens (including phenoxy) is 2. The molecule has 3 heterocycles. The number of hydrogen-bond donors (Lipinski definition) is 1. The van der Waals surface area contributed by atoms with Crippen LogP contribution < -0.4 is 10.2 Å². The molecule has 0 atom stereocenters. The molecule has 9 nitrogen and oxygen atoms in total. The second-order valence-electron chi connectivity index (χ2n) is 8.01. The minimum Gasteiger partial charge on any atom is -0.465 e. The summed E-state index contributed by atoms with van der Waals surface area (Å²) in [6.45, 7) is 8.59. The van der Waals surface area contributed by atoms with Crippen LogP contribution in [0.2, 0.25) is 0 Å². The van der Waals surface area contributed by atoms with E-state index in [9.17, 15) is 9.59 Å². The Morgan fingerprint density at radius 1 is 1.16 bits per heavy atom. The molecule has 1 aliphatic heterocycles. The monoisotopic (exact) mass is 437 g/mol. The third-order valence-electron chi connectivity index (χ3n) is 5.46. The zero-order valence-corrected chi connectivity index (χ0v) is 18.7. The first kappa shape index (κ1) is 21.8. The summed E-state index contributed by atoms with van der Waals surface area (Å²) in [7, 11) is 1.32. The molecule has 1 aromatic carbocycles. The molecule has 1 N–H and O–H groups in total.